The van der Waals surface area contributed by atoms with Gasteiger partial charge in [-0.05, 0) is 51.9 Å². The molecule has 0 bridgehead atoms. The van der Waals surface area contributed by atoms with E-state index in [4.69, 9.17) is 18.9 Å². The Labute approximate surface area is 185 Å². The molecular formula is C23H38O8. The van der Waals surface area contributed by atoms with E-state index in [2.05, 4.69) is 13.8 Å². The molecule has 0 spiro atoms. The molecule has 0 aliphatic carbocycles. The molecule has 0 radical (unpaired) electrons. The fourth-order valence-electron chi connectivity index (χ4n) is 3.12. The van der Waals surface area contributed by atoms with Crippen LogP contribution in [0, 0.1) is 11.8 Å². The van der Waals surface area contributed by atoms with Gasteiger partial charge in [-0.25, -0.2) is 0 Å². The minimum atomic E-state index is -0.0486. The van der Waals surface area contributed by atoms with Gasteiger partial charge in [0.25, 0.3) is 0 Å². The number of carbonyl (C=O) groups is 4. The lowest BCUT2D eigenvalue weighted by Gasteiger charge is -2.17. The van der Waals surface area contributed by atoms with E-state index in [0.717, 1.165) is 32.1 Å². The van der Waals surface area contributed by atoms with E-state index in [0.29, 0.717) is 50.7 Å². The van der Waals surface area contributed by atoms with E-state index in [1.165, 1.54) is 0 Å². The first-order chi connectivity index (χ1) is 14.7. The summed E-state index contributed by atoms with van der Waals surface area (Å²) in [7, 11) is 0. The quantitative estimate of drug-likeness (QED) is 0.447. The molecule has 4 unspecified atom stereocenters. The highest BCUT2D eigenvalue weighted by atomic mass is 16.6. The Kier molecular flexibility index (Phi) is 12.9. The van der Waals surface area contributed by atoms with Crippen LogP contribution in [0.15, 0.2) is 0 Å². The van der Waals surface area contributed by atoms with Crippen LogP contribution in [0.4, 0.5) is 0 Å². The molecule has 8 nitrogen and oxygen atoms in total. The van der Waals surface area contributed by atoms with E-state index in [9.17, 15) is 19.2 Å². The first-order valence-electron chi connectivity index (χ1n) is 11.4. The van der Waals surface area contributed by atoms with Gasteiger partial charge in [-0.3, -0.25) is 19.2 Å². The first kappa shape index (κ1) is 26.9. The Hall–Kier alpha value is -2.12. The van der Waals surface area contributed by atoms with E-state index in [-0.39, 0.29) is 36.1 Å². The second-order valence-corrected chi connectivity index (χ2v) is 8.52. The Bertz CT molecular complexity index is 576. The summed E-state index contributed by atoms with van der Waals surface area (Å²) >= 11 is 0. The third-order valence-corrected chi connectivity index (χ3v) is 5.29. The molecule has 4 rings (SSSR count). The minimum absolute atomic E-state index is 0.0307. The topological polar surface area (TPSA) is 105 Å². The summed E-state index contributed by atoms with van der Waals surface area (Å²) in [6.07, 6.45) is 7.81. The van der Waals surface area contributed by atoms with Crippen molar-refractivity contribution in [1.82, 2.24) is 0 Å². The van der Waals surface area contributed by atoms with Gasteiger partial charge < -0.3 is 18.9 Å². The standard InChI is InChI=1S/3C6H10O2.C5H8O2/c1-5-2-3-6(7)8-4-5;1-5-3-2-4-6(7)8-5;1-2-5-3-6(7)8-4-5;1-4-2-3-5(6)7-4/h3*5H,2-4H2,1H3;4H,2-3H2,1H3. The Balaban J connectivity index is 0.000000207. The second-order valence-electron chi connectivity index (χ2n) is 8.52. The molecule has 0 N–H and O–H groups in total. The van der Waals surface area contributed by atoms with Crippen LogP contribution in [0.1, 0.15) is 85.5 Å². The summed E-state index contributed by atoms with van der Waals surface area (Å²) in [5, 5.41) is 0. The first-order valence-corrected chi connectivity index (χ1v) is 11.4. The molecule has 4 aliphatic heterocycles. The van der Waals surface area contributed by atoms with E-state index in [1.807, 2.05) is 13.8 Å². The molecule has 0 saturated carbocycles. The maximum Gasteiger partial charge on any atom is 0.306 e. The van der Waals surface area contributed by atoms with Crippen LogP contribution in [0.5, 0.6) is 0 Å². The maximum absolute atomic E-state index is 10.5. The lowest BCUT2D eigenvalue weighted by Crippen LogP contribution is -2.19. The van der Waals surface area contributed by atoms with Crippen LogP contribution in [0.2, 0.25) is 0 Å². The molecule has 4 saturated heterocycles. The summed E-state index contributed by atoms with van der Waals surface area (Å²) in [6.45, 7) is 9.27. The van der Waals surface area contributed by atoms with Gasteiger partial charge >= 0.3 is 23.9 Å². The van der Waals surface area contributed by atoms with E-state index >= 15 is 0 Å². The summed E-state index contributed by atoms with van der Waals surface area (Å²) in [6, 6.07) is 0. The lowest BCUT2D eigenvalue weighted by atomic mass is 10.1. The molecule has 0 aromatic heterocycles. The van der Waals surface area contributed by atoms with Gasteiger partial charge in [-0.2, -0.15) is 0 Å². The fourth-order valence-corrected chi connectivity index (χ4v) is 3.12. The van der Waals surface area contributed by atoms with Crippen molar-refractivity contribution in [3.63, 3.8) is 0 Å². The number of rotatable bonds is 1. The molecule has 0 amide bonds. The number of hydrogen-bond donors (Lipinski definition) is 0. The molecule has 0 aromatic rings. The molecule has 4 fully saturated rings. The van der Waals surface area contributed by atoms with Gasteiger partial charge in [0, 0.05) is 25.2 Å². The predicted octanol–water partition coefficient (Wildman–Crippen LogP) is 3.73. The summed E-state index contributed by atoms with van der Waals surface area (Å²) in [5.74, 6) is 0.923. The van der Waals surface area contributed by atoms with Crippen molar-refractivity contribution >= 4 is 23.9 Å². The number of hydrogen-bond acceptors (Lipinski definition) is 8. The average Bonchev–Trinajstić information content (AvgIpc) is 3.32. The van der Waals surface area contributed by atoms with Crippen molar-refractivity contribution in [2.24, 2.45) is 11.8 Å². The van der Waals surface area contributed by atoms with Gasteiger partial charge in [0.05, 0.1) is 31.8 Å². The number of carbonyl (C=O) groups excluding carboxylic acids is 4. The highest BCUT2D eigenvalue weighted by molar-refractivity contribution is 5.72. The van der Waals surface area contributed by atoms with E-state index < -0.39 is 0 Å². The maximum atomic E-state index is 10.5. The predicted molar refractivity (Wildman–Crippen MR) is 113 cm³/mol. The highest BCUT2D eigenvalue weighted by Gasteiger charge is 2.21. The highest BCUT2D eigenvalue weighted by Crippen LogP contribution is 2.16. The Morgan fingerprint density at radius 1 is 0.710 bits per heavy atom. The third-order valence-electron chi connectivity index (χ3n) is 5.29. The van der Waals surface area contributed by atoms with Gasteiger partial charge in [0.1, 0.15) is 0 Å². The van der Waals surface area contributed by atoms with Crippen LogP contribution in [-0.4, -0.2) is 49.3 Å². The Morgan fingerprint density at radius 2 is 1.29 bits per heavy atom. The number of ether oxygens (including phenoxy) is 4. The zero-order chi connectivity index (χ0) is 23.2. The molecule has 31 heavy (non-hydrogen) atoms. The largest absolute Gasteiger partial charge is 0.465 e. The van der Waals surface area contributed by atoms with Crippen molar-refractivity contribution in [2.75, 3.05) is 13.2 Å². The monoisotopic (exact) mass is 442 g/mol. The van der Waals surface area contributed by atoms with Crippen molar-refractivity contribution in [3.05, 3.63) is 0 Å². The van der Waals surface area contributed by atoms with Crippen LogP contribution in [0.3, 0.4) is 0 Å². The summed E-state index contributed by atoms with van der Waals surface area (Å²) in [5.41, 5.74) is 0. The van der Waals surface area contributed by atoms with Crippen LogP contribution >= 0.6 is 0 Å². The summed E-state index contributed by atoms with van der Waals surface area (Å²) < 4.78 is 19.0. The normalized spacial score (nSPS) is 29.4. The van der Waals surface area contributed by atoms with Crippen molar-refractivity contribution in [1.29, 1.82) is 0 Å². The molecule has 178 valence electrons. The second kappa shape index (κ2) is 14.8. The zero-order valence-corrected chi connectivity index (χ0v) is 19.4. The van der Waals surface area contributed by atoms with Crippen LogP contribution < -0.4 is 0 Å². The van der Waals surface area contributed by atoms with Gasteiger partial charge in [-0.15, -0.1) is 0 Å². The van der Waals surface area contributed by atoms with Crippen molar-refractivity contribution in [3.8, 4) is 0 Å². The van der Waals surface area contributed by atoms with Crippen molar-refractivity contribution in [2.45, 2.75) is 97.7 Å². The molecule has 4 heterocycles. The average molecular weight is 443 g/mol. The van der Waals surface area contributed by atoms with Crippen molar-refractivity contribution < 1.29 is 38.1 Å². The Morgan fingerprint density at radius 3 is 1.58 bits per heavy atom. The number of esters is 4. The number of cyclic esters (lactones) is 4. The van der Waals surface area contributed by atoms with Gasteiger partial charge in [0.2, 0.25) is 0 Å². The summed E-state index contributed by atoms with van der Waals surface area (Å²) in [4.78, 5) is 41.5. The zero-order valence-electron chi connectivity index (χ0n) is 19.4. The third kappa shape index (κ3) is 13.0. The smallest absolute Gasteiger partial charge is 0.306 e. The lowest BCUT2D eigenvalue weighted by molar-refractivity contribution is -0.152. The van der Waals surface area contributed by atoms with Gasteiger partial charge in [0.15, 0.2) is 0 Å². The molecule has 0 aromatic carbocycles. The minimum Gasteiger partial charge on any atom is -0.465 e. The molecular weight excluding hydrogens is 404 g/mol. The fraction of sp³-hybridized carbons (Fsp3) is 0.826. The molecule has 8 heteroatoms. The SMILES string of the molecule is CC1CCC(=O)O1.CC1CCC(=O)OC1.CC1CCCC(=O)O1.CCC1COC(=O)C1. The van der Waals surface area contributed by atoms with E-state index in [1.54, 1.807) is 0 Å². The van der Waals surface area contributed by atoms with Crippen LogP contribution in [-0.2, 0) is 38.1 Å². The van der Waals surface area contributed by atoms with Crippen LogP contribution in [0.25, 0.3) is 0 Å². The van der Waals surface area contributed by atoms with Gasteiger partial charge in [-0.1, -0.05) is 13.8 Å². The molecule has 4 atom stereocenters. The molecule has 4 aliphatic rings.